The van der Waals surface area contributed by atoms with Gasteiger partial charge in [0, 0.05) is 69.6 Å². The van der Waals surface area contributed by atoms with Crippen LogP contribution in [0.2, 0.25) is 0 Å². The normalized spacial score (nSPS) is 12.8. The molecule has 0 amide bonds. The zero-order valence-electron chi connectivity index (χ0n) is 39.1. The van der Waals surface area contributed by atoms with Gasteiger partial charge in [-0.2, -0.15) is 10.2 Å². The van der Waals surface area contributed by atoms with Crippen LogP contribution in [0, 0.1) is 18.8 Å². The summed E-state index contributed by atoms with van der Waals surface area (Å²) in [5.74, 6) is 1.15. The van der Waals surface area contributed by atoms with Gasteiger partial charge in [0.05, 0.1) is 57.1 Å². The molecule has 11 rings (SSSR count). The molecule has 0 atom stereocenters. The molecule has 1 aliphatic carbocycles. The quantitative estimate of drug-likeness (QED) is 0.0798. The van der Waals surface area contributed by atoms with E-state index in [9.17, 15) is 0 Å². The Bertz CT molecular complexity index is 3590. The number of nitrogens with one attached hydrogen (secondary N) is 5. The Balaban J connectivity index is 0.000000160. The van der Waals surface area contributed by atoms with Crippen LogP contribution >= 0.6 is 0 Å². The van der Waals surface area contributed by atoms with Gasteiger partial charge in [0.2, 0.25) is 0 Å². The fraction of sp³-hybridized carbons (Fsp3) is 0.200. The van der Waals surface area contributed by atoms with E-state index in [0.29, 0.717) is 11.8 Å². The Morgan fingerprint density at radius 3 is 2.10 bits per heavy atom. The second-order valence-corrected chi connectivity index (χ2v) is 18.2. The topological polar surface area (TPSA) is 178 Å². The fourth-order valence-corrected chi connectivity index (χ4v) is 8.66. The van der Waals surface area contributed by atoms with E-state index in [2.05, 4.69) is 146 Å². The Labute approximate surface area is 394 Å². The molecular weight excluding hydrogens is 843 g/mol. The van der Waals surface area contributed by atoms with Crippen LogP contribution in [0.4, 0.5) is 5.69 Å². The van der Waals surface area contributed by atoms with Crippen LogP contribution in [0.3, 0.4) is 0 Å². The van der Waals surface area contributed by atoms with Gasteiger partial charge in [0.1, 0.15) is 22.4 Å². The molecular formula is C55H53N13. The molecule has 10 aromatic heterocycles. The molecule has 1 aliphatic rings. The van der Waals surface area contributed by atoms with Crippen molar-refractivity contribution < 1.29 is 0 Å². The third-order valence-corrected chi connectivity index (χ3v) is 12.1. The number of H-pyrrole nitrogens is 4. The van der Waals surface area contributed by atoms with Crippen LogP contribution in [0.5, 0.6) is 0 Å². The van der Waals surface area contributed by atoms with Crippen molar-refractivity contribution in [2.24, 2.45) is 11.8 Å². The van der Waals surface area contributed by atoms with Gasteiger partial charge in [-0.15, -0.1) is 0 Å². The highest BCUT2D eigenvalue weighted by Gasteiger charge is 2.19. The van der Waals surface area contributed by atoms with Crippen molar-refractivity contribution in [3.8, 4) is 45.3 Å². The molecule has 0 aliphatic heterocycles. The monoisotopic (exact) mass is 895 g/mol. The van der Waals surface area contributed by atoms with Crippen molar-refractivity contribution in [1.82, 2.24) is 60.3 Å². The van der Waals surface area contributed by atoms with E-state index in [0.717, 1.165) is 142 Å². The van der Waals surface area contributed by atoms with Crippen LogP contribution in [0.1, 0.15) is 70.8 Å². The van der Waals surface area contributed by atoms with Crippen LogP contribution < -0.4 is 5.32 Å². The molecule has 0 fully saturated rings. The molecule has 0 saturated carbocycles. The minimum Gasteiger partial charge on any atom is -0.358 e. The lowest BCUT2D eigenvalue weighted by Crippen LogP contribution is -2.02. The summed E-state index contributed by atoms with van der Waals surface area (Å²) in [5, 5.41) is 21.0. The first kappa shape index (κ1) is 43.6. The fourth-order valence-electron chi connectivity index (χ4n) is 8.66. The summed E-state index contributed by atoms with van der Waals surface area (Å²) in [7, 11) is 0. The minimum atomic E-state index is 0.535. The number of aryl methyl sites for hydroxylation is 1. The Morgan fingerprint density at radius 2 is 1.41 bits per heavy atom. The van der Waals surface area contributed by atoms with E-state index >= 15 is 0 Å². The first-order valence-corrected chi connectivity index (χ1v) is 23.1. The first-order chi connectivity index (χ1) is 33.1. The van der Waals surface area contributed by atoms with Crippen LogP contribution in [-0.2, 0) is 0 Å². The van der Waals surface area contributed by atoms with E-state index in [1.54, 1.807) is 6.20 Å². The third-order valence-electron chi connectivity index (χ3n) is 12.1. The maximum atomic E-state index is 4.98. The van der Waals surface area contributed by atoms with E-state index in [-0.39, 0.29) is 0 Å². The largest absolute Gasteiger partial charge is 0.358 e. The first-order valence-electron chi connectivity index (χ1n) is 23.1. The SMILES string of the molecule is C/C(=C\CC(C)C)c1nccc2[nH]c(-c3n[nH]c4ccc(-c5cnccc5C)nc34)cc12.C=C(CC(C)C)Nc1cncc(-c2ccc3[nH]nc(-c4cc5c(C6=CCC=C6)nccc5[nH]4)c3n2)c1. The minimum absolute atomic E-state index is 0.535. The van der Waals surface area contributed by atoms with Crippen LogP contribution in [0.15, 0.2) is 134 Å². The molecule has 68 heavy (non-hydrogen) atoms. The molecule has 0 radical (unpaired) electrons. The van der Waals surface area contributed by atoms with Crippen molar-refractivity contribution in [1.29, 1.82) is 0 Å². The van der Waals surface area contributed by atoms with Gasteiger partial charge >= 0.3 is 0 Å². The van der Waals surface area contributed by atoms with E-state index in [4.69, 9.17) is 9.97 Å². The van der Waals surface area contributed by atoms with Gasteiger partial charge in [0.25, 0.3) is 0 Å². The molecule has 338 valence electrons. The van der Waals surface area contributed by atoms with Gasteiger partial charge in [0.15, 0.2) is 0 Å². The maximum Gasteiger partial charge on any atom is 0.135 e. The Kier molecular flexibility index (Phi) is 11.9. The summed E-state index contributed by atoms with van der Waals surface area (Å²) in [4.78, 5) is 35.0. The van der Waals surface area contributed by atoms with Gasteiger partial charge < -0.3 is 15.3 Å². The summed E-state index contributed by atoms with van der Waals surface area (Å²) in [6.07, 6.45) is 22.6. The van der Waals surface area contributed by atoms with E-state index < -0.39 is 0 Å². The summed E-state index contributed by atoms with van der Waals surface area (Å²) >= 11 is 0. The Hall–Kier alpha value is -8.32. The summed E-state index contributed by atoms with van der Waals surface area (Å²) in [6.45, 7) is 17.1. The number of nitrogens with zero attached hydrogens (tertiary/aromatic N) is 8. The zero-order chi connectivity index (χ0) is 46.9. The lowest BCUT2D eigenvalue weighted by molar-refractivity contribution is 0.645. The number of hydrogen-bond acceptors (Lipinski definition) is 9. The average molecular weight is 896 g/mol. The van der Waals surface area contributed by atoms with Crippen molar-refractivity contribution >= 4 is 60.7 Å². The highest BCUT2D eigenvalue weighted by Crippen LogP contribution is 2.35. The standard InChI is InChI=1S/C29H27N7.C26H26N6/c1-17(2)12-18(3)32-21-13-20(15-30-16-21)23-8-9-25-28(34-23)29(36-35-25)26-14-22-24(33-26)10-11-31-27(22)19-6-4-5-7-19;1-15(2)5-6-17(4)24-18-13-23(29-21(18)10-12-28-24)26-25-22(31-32-26)8-7-20(30-25)19-14-27-11-9-16(19)3/h4,6-11,13-17,32-33H,3,5,12H2,1-2H3,(H,35,36);6-15,29H,5H2,1-4H3,(H,31,32)/b;17-6+. The molecule has 5 N–H and O–H groups in total. The summed E-state index contributed by atoms with van der Waals surface area (Å²) < 4.78 is 0. The number of aromatic nitrogens is 12. The summed E-state index contributed by atoms with van der Waals surface area (Å²) in [5.41, 5.74) is 19.9. The third kappa shape index (κ3) is 8.85. The smallest absolute Gasteiger partial charge is 0.135 e. The molecule has 0 bridgehead atoms. The molecule has 0 spiro atoms. The predicted molar refractivity (Wildman–Crippen MR) is 276 cm³/mol. The summed E-state index contributed by atoms with van der Waals surface area (Å²) in [6, 6.07) is 20.3. The lowest BCUT2D eigenvalue weighted by atomic mass is 10.0. The highest BCUT2D eigenvalue weighted by molar-refractivity contribution is 6.00. The van der Waals surface area contributed by atoms with Crippen LogP contribution in [0.25, 0.3) is 100 Å². The predicted octanol–water partition coefficient (Wildman–Crippen LogP) is 13.2. The second-order valence-electron chi connectivity index (χ2n) is 18.2. The van der Waals surface area contributed by atoms with E-state index in [1.165, 1.54) is 5.57 Å². The zero-order valence-corrected chi connectivity index (χ0v) is 39.1. The number of fused-ring (bicyclic) bond motifs is 4. The van der Waals surface area contributed by atoms with Gasteiger partial charge in [-0.05, 0) is 122 Å². The molecule has 0 unspecified atom stereocenters. The van der Waals surface area contributed by atoms with Gasteiger partial charge in [-0.3, -0.25) is 30.1 Å². The molecule has 10 aromatic rings. The van der Waals surface area contributed by atoms with Crippen molar-refractivity contribution in [3.05, 3.63) is 151 Å². The number of rotatable bonds is 12. The van der Waals surface area contributed by atoms with Crippen molar-refractivity contribution in [3.63, 3.8) is 0 Å². The maximum absolute atomic E-state index is 4.98. The lowest BCUT2D eigenvalue weighted by Gasteiger charge is -2.12. The number of aromatic amines is 4. The molecule has 10 heterocycles. The highest BCUT2D eigenvalue weighted by atomic mass is 15.1. The van der Waals surface area contributed by atoms with Gasteiger partial charge in [-0.1, -0.05) is 58.6 Å². The second kappa shape index (κ2) is 18.5. The number of pyridine rings is 6. The number of allylic oxidation sites excluding steroid dienone is 7. The molecule has 13 heteroatoms. The van der Waals surface area contributed by atoms with Crippen molar-refractivity contribution in [2.45, 2.75) is 60.8 Å². The molecule has 0 aromatic carbocycles. The number of anilines is 1. The average Bonchev–Trinajstić information content (AvgIpc) is 4.20. The van der Waals surface area contributed by atoms with Gasteiger partial charge in [-0.25, -0.2) is 9.97 Å². The molecule has 13 nitrogen and oxygen atoms in total. The van der Waals surface area contributed by atoms with E-state index in [1.807, 2.05) is 73.4 Å². The van der Waals surface area contributed by atoms with Crippen molar-refractivity contribution in [2.75, 3.05) is 5.32 Å². The van der Waals surface area contributed by atoms with Crippen LogP contribution in [-0.4, -0.2) is 60.3 Å². The molecule has 0 saturated heterocycles. The Morgan fingerprint density at radius 1 is 0.721 bits per heavy atom. The number of hydrogen-bond donors (Lipinski definition) is 5.